The molecule has 0 saturated heterocycles. The summed E-state index contributed by atoms with van der Waals surface area (Å²) in [5.74, 6) is -0.415. The molecule has 0 heterocycles. The van der Waals surface area contributed by atoms with Crippen molar-refractivity contribution in [2.45, 2.75) is 123 Å². The Morgan fingerprint density at radius 1 is 0.500 bits per heavy atom. The molecule has 0 aromatic carbocycles. The summed E-state index contributed by atoms with van der Waals surface area (Å²) < 4.78 is 15.2. The van der Waals surface area contributed by atoms with Crippen LogP contribution in [0, 0.1) is 0 Å². The lowest BCUT2D eigenvalue weighted by Gasteiger charge is -2.06. The highest BCUT2D eigenvalue weighted by molar-refractivity contribution is 5.69. The zero-order chi connectivity index (χ0) is 22.1. The van der Waals surface area contributed by atoms with Crippen LogP contribution >= 0.6 is 0 Å². The zero-order valence-electron chi connectivity index (χ0n) is 19.9. The summed E-state index contributed by atoms with van der Waals surface area (Å²) >= 11 is 0. The van der Waals surface area contributed by atoms with Crippen LogP contribution < -0.4 is 0 Å². The van der Waals surface area contributed by atoms with Gasteiger partial charge in [0.1, 0.15) is 6.61 Å². The fourth-order valence-electron chi connectivity index (χ4n) is 3.42. The van der Waals surface area contributed by atoms with E-state index in [0.717, 1.165) is 12.8 Å². The molecule has 0 fully saturated rings. The first-order chi connectivity index (χ1) is 14.7. The van der Waals surface area contributed by atoms with E-state index in [4.69, 9.17) is 14.2 Å². The maximum absolute atomic E-state index is 11.7. The second-order valence-corrected chi connectivity index (χ2v) is 8.09. The maximum Gasteiger partial charge on any atom is 0.308 e. The van der Waals surface area contributed by atoms with Gasteiger partial charge in [0.05, 0.1) is 26.2 Å². The van der Waals surface area contributed by atoms with Crippen molar-refractivity contribution >= 4 is 11.9 Å². The van der Waals surface area contributed by atoms with E-state index in [1.54, 1.807) is 6.92 Å². The molecule has 0 amide bonds. The molecule has 0 saturated carbocycles. The second-order valence-electron chi connectivity index (χ2n) is 8.09. The molecule has 5 heteroatoms. The minimum absolute atomic E-state index is 0.154. The van der Waals surface area contributed by atoms with Gasteiger partial charge in [0.2, 0.25) is 0 Å². The summed E-state index contributed by atoms with van der Waals surface area (Å²) in [6, 6.07) is 0. The van der Waals surface area contributed by atoms with E-state index in [9.17, 15) is 9.59 Å². The van der Waals surface area contributed by atoms with Gasteiger partial charge in [0, 0.05) is 6.42 Å². The average Bonchev–Trinajstić information content (AvgIpc) is 2.73. The molecule has 0 aromatic rings. The molecule has 0 aliphatic carbocycles. The van der Waals surface area contributed by atoms with Gasteiger partial charge in [-0.25, -0.2) is 0 Å². The molecule has 0 aromatic heterocycles. The van der Waals surface area contributed by atoms with E-state index in [1.165, 1.54) is 83.5 Å². The number of ether oxygens (including phenoxy) is 3. The van der Waals surface area contributed by atoms with E-state index in [1.807, 2.05) is 0 Å². The summed E-state index contributed by atoms with van der Waals surface area (Å²) in [5, 5.41) is 0. The van der Waals surface area contributed by atoms with Gasteiger partial charge in [0.15, 0.2) is 0 Å². The third-order valence-corrected chi connectivity index (χ3v) is 5.23. The van der Waals surface area contributed by atoms with Crippen LogP contribution in [-0.2, 0) is 23.8 Å². The topological polar surface area (TPSA) is 61.8 Å². The molecule has 0 rings (SSSR count). The van der Waals surface area contributed by atoms with Crippen LogP contribution in [0.2, 0.25) is 0 Å². The van der Waals surface area contributed by atoms with Crippen molar-refractivity contribution in [1.82, 2.24) is 0 Å². The lowest BCUT2D eigenvalue weighted by Crippen LogP contribution is -2.13. The van der Waals surface area contributed by atoms with Crippen molar-refractivity contribution in [2.75, 3.05) is 26.4 Å². The highest BCUT2D eigenvalue weighted by Crippen LogP contribution is 2.13. The van der Waals surface area contributed by atoms with Crippen LogP contribution in [0.1, 0.15) is 123 Å². The van der Waals surface area contributed by atoms with E-state index in [0.29, 0.717) is 26.2 Å². The molecule has 30 heavy (non-hydrogen) atoms. The summed E-state index contributed by atoms with van der Waals surface area (Å²) in [6.45, 7) is 5.30. The quantitative estimate of drug-likeness (QED) is 0.133. The molecule has 0 spiro atoms. The fraction of sp³-hybridized carbons (Fsp3) is 0.920. The van der Waals surface area contributed by atoms with Crippen LogP contribution in [0.25, 0.3) is 0 Å². The number of unbranched alkanes of at least 4 members (excludes halogenated alkanes) is 14. The first-order valence-electron chi connectivity index (χ1n) is 12.6. The van der Waals surface area contributed by atoms with E-state index in [2.05, 4.69) is 6.92 Å². The average molecular weight is 429 g/mol. The van der Waals surface area contributed by atoms with Gasteiger partial charge in [-0.1, -0.05) is 96.8 Å². The van der Waals surface area contributed by atoms with Gasteiger partial charge < -0.3 is 14.2 Å². The maximum atomic E-state index is 11.7. The summed E-state index contributed by atoms with van der Waals surface area (Å²) in [6.07, 6.45) is 20.5. The number of esters is 2. The molecule has 0 aliphatic rings. The first-order valence-corrected chi connectivity index (χ1v) is 12.6. The second kappa shape index (κ2) is 24.2. The number of hydrogen-bond donors (Lipinski definition) is 0. The molecule has 5 nitrogen and oxygen atoms in total. The Labute approximate surface area is 185 Å². The fourth-order valence-corrected chi connectivity index (χ4v) is 3.42. The van der Waals surface area contributed by atoms with E-state index >= 15 is 0 Å². The molecular weight excluding hydrogens is 380 g/mol. The van der Waals surface area contributed by atoms with Gasteiger partial charge in [-0.3, -0.25) is 9.59 Å². The van der Waals surface area contributed by atoms with Crippen molar-refractivity contribution in [2.24, 2.45) is 0 Å². The Morgan fingerprint density at radius 3 is 1.47 bits per heavy atom. The third kappa shape index (κ3) is 23.2. The van der Waals surface area contributed by atoms with Gasteiger partial charge in [-0.2, -0.15) is 0 Å². The lowest BCUT2D eigenvalue weighted by molar-refractivity contribution is -0.147. The highest BCUT2D eigenvalue weighted by atomic mass is 16.6. The normalized spacial score (nSPS) is 10.9. The molecular formula is C25H48O5. The van der Waals surface area contributed by atoms with Crippen molar-refractivity contribution in [1.29, 1.82) is 0 Å². The molecule has 0 atom stereocenters. The van der Waals surface area contributed by atoms with Crippen LogP contribution in [0.5, 0.6) is 0 Å². The zero-order valence-corrected chi connectivity index (χ0v) is 19.9. The Hall–Kier alpha value is -1.10. The SMILES string of the molecule is CCCCCCCCCCCCCCCCCC(=O)OCCOCCC(=O)OCC. The van der Waals surface area contributed by atoms with Gasteiger partial charge in [-0.15, -0.1) is 0 Å². The Bertz CT molecular complexity index is 384. The van der Waals surface area contributed by atoms with Crippen molar-refractivity contribution in [3.8, 4) is 0 Å². The van der Waals surface area contributed by atoms with Crippen LogP contribution in [0.15, 0.2) is 0 Å². The predicted molar refractivity (Wildman–Crippen MR) is 123 cm³/mol. The molecule has 0 N–H and O–H groups in total. The Morgan fingerprint density at radius 2 is 0.967 bits per heavy atom. The standard InChI is InChI=1S/C25H48O5/c1-3-5-6-7-8-9-10-11-12-13-14-15-16-17-18-19-24(26)30-23-22-28-21-20-25(27)29-4-2/h3-23H2,1-2H3. The smallest absolute Gasteiger partial charge is 0.308 e. The molecule has 178 valence electrons. The summed E-state index contributed by atoms with van der Waals surface area (Å²) in [5.41, 5.74) is 0. The number of hydrogen-bond acceptors (Lipinski definition) is 5. The Balaban J connectivity index is 3.18. The van der Waals surface area contributed by atoms with Crippen LogP contribution in [-0.4, -0.2) is 38.4 Å². The lowest BCUT2D eigenvalue weighted by atomic mass is 10.0. The van der Waals surface area contributed by atoms with Gasteiger partial charge in [-0.05, 0) is 13.3 Å². The Kier molecular flexibility index (Phi) is 23.3. The van der Waals surface area contributed by atoms with Crippen molar-refractivity contribution in [3.05, 3.63) is 0 Å². The summed E-state index contributed by atoms with van der Waals surface area (Å²) in [7, 11) is 0. The monoisotopic (exact) mass is 428 g/mol. The number of carbonyl (C=O) groups excluding carboxylic acids is 2. The summed E-state index contributed by atoms with van der Waals surface area (Å²) in [4.78, 5) is 22.8. The minimum Gasteiger partial charge on any atom is -0.466 e. The van der Waals surface area contributed by atoms with Crippen LogP contribution in [0.3, 0.4) is 0 Å². The van der Waals surface area contributed by atoms with Crippen molar-refractivity contribution in [3.63, 3.8) is 0 Å². The molecule has 0 unspecified atom stereocenters. The number of carbonyl (C=O) groups is 2. The predicted octanol–water partition coefficient (Wildman–Crippen LogP) is 6.76. The minimum atomic E-state index is -0.261. The largest absolute Gasteiger partial charge is 0.466 e. The highest BCUT2D eigenvalue weighted by Gasteiger charge is 2.04. The molecule has 0 bridgehead atoms. The first kappa shape index (κ1) is 28.9. The van der Waals surface area contributed by atoms with Gasteiger partial charge >= 0.3 is 11.9 Å². The van der Waals surface area contributed by atoms with Crippen molar-refractivity contribution < 1.29 is 23.8 Å². The van der Waals surface area contributed by atoms with E-state index < -0.39 is 0 Å². The third-order valence-electron chi connectivity index (χ3n) is 5.23. The van der Waals surface area contributed by atoms with Gasteiger partial charge in [0.25, 0.3) is 0 Å². The molecule has 0 aliphatic heterocycles. The molecule has 0 radical (unpaired) electrons. The van der Waals surface area contributed by atoms with E-state index in [-0.39, 0.29) is 25.0 Å². The van der Waals surface area contributed by atoms with Crippen LogP contribution in [0.4, 0.5) is 0 Å². The number of rotatable bonds is 23.